The molecule has 0 bridgehead atoms. The van der Waals surface area contributed by atoms with E-state index in [1.54, 1.807) is 11.8 Å². The number of benzene rings is 2. The second-order valence-corrected chi connectivity index (χ2v) is 13.1. The Hall–Kier alpha value is 2.37. The fraction of sp³-hybridized carbons (Fsp3) is 0.250. The lowest BCUT2D eigenvalue weighted by Crippen LogP contribution is -1.89. The lowest BCUT2D eigenvalue weighted by molar-refractivity contribution is 1.20. The quantitative estimate of drug-likeness (QED) is 0.212. The van der Waals surface area contributed by atoms with Crippen LogP contribution >= 0.6 is 131 Å². The zero-order chi connectivity index (χ0) is 18.7. The van der Waals surface area contributed by atoms with E-state index < -0.39 is 0 Å². The van der Waals surface area contributed by atoms with Crippen molar-refractivity contribution in [3.8, 4) is 0 Å². The Morgan fingerprint density at radius 2 is 1.00 bits per heavy atom. The Labute approximate surface area is 212 Å². The zero-order valence-corrected chi connectivity index (χ0v) is 25.0. The number of halogens is 6. The van der Waals surface area contributed by atoms with Gasteiger partial charge in [-0.2, -0.15) is 0 Å². The Kier molecular flexibility index (Phi) is 10.4. The van der Waals surface area contributed by atoms with Gasteiger partial charge in [-0.15, -0.1) is 23.5 Å². The van der Waals surface area contributed by atoms with Gasteiger partial charge in [-0.25, -0.2) is 0 Å². The lowest BCUT2D eigenvalue weighted by Gasteiger charge is -2.16. The van der Waals surface area contributed by atoms with Gasteiger partial charge < -0.3 is 0 Å². The van der Waals surface area contributed by atoms with Crippen LogP contribution in [-0.2, 0) is 0 Å². The molecule has 0 spiro atoms. The average Bonchev–Trinajstić information content (AvgIpc) is 2.57. The van der Waals surface area contributed by atoms with Gasteiger partial charge in [0.25, 0.3) is 0 Å². The van der Waals surface area contributed by atoms with Crippen molar-refractivity contribution in [3.63, 3.8) is 0 Å². The summed E-state index contributed by atoms with van der Waals surface area (Å²) in [6.45, 7) is 4.31. The van der Waals surface area contributed by atoms with Gasteiger partial charge in [-0.1, -0.05) is 25.6 Å². The fourth-order valence-corrected chi connectivity index (χ4v) is 9.66. The first-order valence-corrected chi connectivity index (χ1v) is 14.6. The maximum atomic E-state index is 3.76. The van der Waals surface area contributed by atoms with Crippen LogP contribution in [0.15, 0.2) is 58.6 Å². The maximum absolute atomic E-state index is 3.76. The van der Waals surface area contributed by atoms with Crippen LogP contribution in [0.25, 0.3) is 0 Å². The average molecular weight is 780 g/mol. The zero-order valence-electron chi connectivity index (χ0n) is 13.1. The van der Waals surface area contributed by atoms with E-state index in [1.807, 2.05) is 23.5 Å². The standard InChI is InChI=1S/C16H12Br6S3/c1-3-23-9-5-7(17)15(13(21)11(9)19)25-16-8(18)6-10(24-4-2)12(20)14(16)22/h5-6H,3-4H2,1-2H3. The minimum absolute atomic E-state index is 1.03. The largest absolute Gasteiger partial charge is 0.125 e. The number of hydrogen-bond donors (Lipinski definition) is 0. The number of rotatable bonds is 6. The molecule has 0 saturated heterocycles. The first kappa shape index (κ1) is 23.6. The molecule has 0 atom stereocenters. The van der Waals surface area contributed by atoms with Gasteiger partial charge in [0.15, 0.2) is 0 Å². The molecule has 0 aliphatic rings. The molecule has 0 aliphatic carbocycles. The molecule has 0 saturated carbocycles. The highest BCUT2D eigenvalue weighted by atomic mass is 79.9. The van der Waals surface area contributed by atoms with Crippen molar-refractivity contribution in [2.45, 2.75) is 33.4 Å². The minimum atomic E-state index is 1.03. The second-order valence-electron chi connectivity index (χ2n) is 4.60. The highest BCUT2D eigenvalue weighted by Crippen LogP contribution is 2.51. The molecule has 0 fully saturated rings. The van der Waals surface area contributed by atoms with Crippen LogP contribution in [0.3, 0.4) is 0 Å². The van der Waals surface area contributed by atoms with Gasteiger partial charge in [-0.3, -0.25) is 0 Å². The topological polar surface area (TPSA) is 0 Å². The number of hydrogen-bond acceptors (Lipinski definition) is 3. The molecule has 0 nitrogen and oxygen atoms in total. The van der Waals surface area contributed by atoms with E-state index in [9.17, 15) is 0 Å². The van der Waals surface area contributed by atoms with Gasteiger partial charge in [0.05, 0.1) is 0 Å². The van der Waals surface area contributed by atoms with E-state index >= 15 is 0 Å². The highest BCUT2D eigenvalue weighted by Gasteiger charge is 2.20. The molecule has 0 radical (unpaired) electrons. The van der Waals surface area contributed by atoms with Crippen LogP contribution in [0, 0.1) is 0 Å². The van der Waals surface area contributed by atoms with Crippen LogP contribution in [-0.4, -0.2) is 11.5 Å². The summed E-state index contributed by atoms with van der Waals surface area (Å²) in [6.07, 6.45) is 0. The molecule has 25 heavy (non-hydrogen) atoms. The monoisotopic (exact) mass is 774 g/mol. The fourth-order valence-electron chi connectivity index (χ4n) is 1.92. The first-order valence-electron chi connectivity index (χ1n) is 7.10. The third-order valence-electron chi connectivity index (χ3n) is 2.97. The van der Waals surface area contributed by atoms with Crippen LogP contribution in [0.5, 0.6) is 0 Å². The molecule has 2 aromatic carbocycles. The summed E-state index contributed by atoms with van der Waals surface area (Å²) in [5, 5.41) is 0. The van der Waals surface area contributed by atoms with Crippen molar-refractivity contribution >= 4 is 131 Å². The molecule has 0 aromatic heterocycles. The summed E-state index contributed by atoms with van der Waals surface area (Å²) in [5.74, 6) is 2.06. The van der Waals surface area contributed by atoms with Crippen molar-refractivity contribution in [2.75, 3.05) is 11.5 Å². The predicted molar refractivity (Wildman–Crippen MR) is 136 cm³/mol. The normalized spacial score (nSPS) is 11.2. The van der Waals surface area contributed by atoms with E-state index in [0.717, 1.165) is 48.1 Å². The number of thioether (sulfide) groups is 2. The second kappa shape index (κ2) is 11.0. The van der Waals surface area contributed by atoms with Crippen molar-refractivity contribution in [2.24, 2.45) is 0 Å². The van der Waals surface area contributed by atoms with Gasteiger partial charge in [0, 0.05) is 46.4 Å². The lowest BCUT2D eigenvalue weighted by atomic mass is 10.3. The summed E-state index contributed by atoms with van der Waals surface area (Å²) in [5.41, 5.74) is 0. The molecule has 0 amide bonds. The third kappa shape index (κ3) is 5.71. The van der Waals surface area contributed by atoms with E-state index in [2.05, 4.69) is 122 Å². The Balaban J connectivity index is 2.50. The van der Waals surface area contributed by atoms with Gasteiger partial charge in [0.1, 0.15) is 0 Å². The molecule has 0 aliphatic heterocycles. The summed E-state index contributed by atoms with van der Waals surface area (Å²) >= 11 is 27.8. The Morgan fingerprint density at radius 3 is 1.32 bits per heavy atom. The van der Waals surface area contributed by atoms with Crippen molar-refractivity contribution < 1.29 is 0 Å². The molecule has 9 heteroatoms. The maximum Gasteiger partial charge on any atom is 0.0479 e. The predicted octanol–water partition coefficient (Wildman–Crippen LogP) is 10.6. The smallest absolute Gasteiger partial charge is 0.0479 e. The SMILES string of the molecule is CCSc1cc(Br)c(Sc2c(Br)cc(SCC)c(Br)c2Br)c(Br)c1Br. The molecule has 136 valence electrons. The van der Waals surface area contributed by atoms with Gasteiger partial charge >= 0.3 is 0 Å². The van der Waals surface area contributed by atoms with E-state index in [-0.39, 0.29) is 0 Å². The summed E-state index contributed by atoms with van der Waals surface area (Å²) in [6, 6.07) is 4.34. The van der Waals surface area contributed by atoms with E-state index in [1.165, 1.54) is 9.79 Å². The minimum Gasteiger partial charge on any atom is -0.125 e. The van der Waals surface area contributed by atoms with E-state index in [0.29, 0.717) is 0 Å². The third-order valence-corrected chi connectivity index (χ3v) is 13.2. The molecule has 2 rings (SSSR count). The van der Waals surface area contributed by atoms with Crippen LogP contribution in [0.2, 0.25) is 0 Å². The molecule has 2 aromatic rings. The Bertz CT molecular complexity index is 729. The summed E-state index contributed by atoms with van der Waals surface area (Å²) in [4.78, 5) is 4.72. The van der Waals surface area contributed by atoms with Crippen molar-refractivity contribution in [1.29, 1.82) is 0 Å². The van der Waals surface area contributed by atoms with Crippen LogP contribution < -0.4 is 0 Å². The van der Waals surface area contributed by atoms with Gasteiger partial charge in [0.2, 0.25) is 0 Å². The molecule has 0 N–H and O–H groups in total. The van der Waals surface area contributed by atoms with Crippen molar-refractivity contribution in [3.05, 3.63) is 39.0 Å². The molecular weight excluding hydrogens is 768 g/mol. The first-order chi connectivity index (χ1) is 11.8. The van der Waals surface area contributed by atoms with Crippen molar-refractivity contribution in [1.82, 2.24) is 0 Å². The van der Waals surface area contributed by atoms with Gasteiger partial charge in [-0.05, 0) is 119 Å². The molecular formula is C16H12Br6S3. The molecule has 0 unspecified atom stereocenters. The summed E-state index contributed by atoms with van der Waals surface area (Å²) in [7, 11) is 0. The van der Waals surface area contributed by atoms with Crippen LogP contribution in [0.1, 0.15) is 13.8 Å². The molecule has 0 heterocycles. The highest BCUT2D eigenvalue weighted by molar-refractivity contribution is 9.13. The Morgan fingerprint density at radius 1 is 0.640 bits per heavy atom. The van der Waals surface area contributed by atoms with E-state index in [4.69, 9.17) is 0 Å². The summed E-state index contributed by atoms with van der Waals surface area (Å²) < 4.78 is 6.45. The van der Waals surface area contributed by atoms with Crippen LogP contribution in [0.4, 0.5) is 0 Å².